The molecule has 0 aromatic heterocycles. The van der Waals surface area contributed by atoms with Crippen LogP contribution in [-0.2, 0) is 9.47 Å². The number of hydrogen-bond acceptors (Lipinski definition) is 5. The molecule has 0 radical (unpaired) electrons. The Morgan fingerprint density at radius 3 is 2.57 bits per heavy atom. The van der Waals surface area contributed by atoms with Crippen molar-refractivity contribution in [3.63, 3.8) is 0 Å². The summed E-state index contributed by atoms with van der Waals surface area (Å²) >= 11 is 0. The molecule has 0 heterocycles. The minimum Gasteiger partial charge on any atom is -0.489 e. The number of nitrogens with one attached hydrogen (secondary N) is 2. The monoisotopic (exact) mass is 324 g/mol. The third kappa shape index (κ3) is 8.30. The van der Waals surface area contributed by atoms with Crippen molar-refractivity contribution in [3.05, 3.63) is 23.8 Å². The summed E-state index contributed by atoms with van der Waals surface area (Å²) in [6.07, 6.45) is -0.417. The molecule has 0 atom stereocenters. The highest BCUT2D eigenvalue weighted by Gasteiger charge is 2.15. The van der Waals surface area contributed by atoms with Crippen LogP contribution in [0.15, 0.2) is 18.2 Å². The molecule has 2 N–H and O–H groups in total. The van der Waals surface area contributed by atoms with Crippen molar-refractivity contribution in [1.29, 1.82) is 0 Å². The van der Waals surface area contributed by atoms with Gasteiger partial charge in [-0.15, -0.1) is 0 Å². The van der Waals surface area contributed by atoms with E-state index in [1.165, 1.54) is 0 Å². The van der Waals surface area contributed by atoms with Crippen molar-refractivity contribution in [1.82, 2.24) is 5.32 Å². The molecule has 6 heteroatoms. The Labute approximate surface area is 138 Å². The topological polar surface area (TPSA) is 68.8 Å². The average Bonchev–Trinajstić information content (AvgIpc) is 2.44. The maximum Gasteiger partial charge on any atom is 0.407 e. The zero-order valence-electron chi connectivity index (χ0n) is 14.7. The van der Waals surface area contributed by atoms with E-state index in [-0.39, 0.29) is 0 Å². The first-order chi connectivity index (χ1) is 10.8. The number of benzene rings is 1. The first-order valence-corrected chi connectivity index (χ1v) is 7.75. The first kappa shape index (κ1) is 19.1. The maximum absolute atomic E-state index is 11.6. The summed E-state index contributed by atoms with van der Waals surface area (Å²) in [5.41, 5.74) is 1.52. The van der Waals surface area contributed by atoms with Gasteiger partial charge < -0.3 is 24.8 Å². The summed E-state index contributed by atoms with van der Waals surface area (Å²) in [6.45, 7) is 9.57. The standard InChI is InChI=1S/C17H28N2O4/c1-13-6-7-14(15(12-13)22-11-10-21-5)18-8-9-19-16(20)23-17(2,3)4/h6-7,12,18H,8-11H2,1-5H3,(H,19,20). The number of methoxy groups -OCH3 is 1. The molecule has 1 aromatic carbocycles. The minimum atomic E-state index is -0.489. The molecule has 0 spiro atoms. The Bertz CT molecular complexity index is 498. The Morgan fingerprint density at radius 1 is 1.17 bits per heavy atom. The molecule has 6 nitrogen and oxygen atoms in total. The van der Waals surface area contributed by atoms with E-state index < -0.39 is 11.7 Å². The average molecular weight is 324 g/mol. The predicted molar refractivity (Wildman–Crippen MR) is 91.3 cm³/mol. The molecule has 130 valence electrons. The van der Waals surface area contributed by atoms with Crippen molar-refractivity contribution < 1.29 is 19.0 Å². The number of alkyl carbamates (subject to hydrolysis) is 1. The van der Waals surface area contributed by atoms with Crippen LogP contribution in [0, 0.1) is 6.92 Å². The molecule has 1 aromatic rings. The fourth-order valence-electron chi connectivity index (χ4n) is 1.81. The number of ether oxygens (including phenoxy) is 3. The number of anilines is 1. The van der Waals surface area contributed by atoms with Crippen molar-refractivity contribution in [2.24, 2.45) is 0 Å². The largest absolute Gasteiger partial charge is 0.489 e. The fraction of sp³-hybridized carbons (Fsp3) is 0.588. The van der Waals surface area contributed by atoms with Gasteiger partial charge in [0, 0.05) is 20.2 Å². The number of hydrogen-bond donors (Lipinski definition) is 2. The summed E-state index contributed by atoms with van der Waals surface area (Å²) in [6, 6.07) is 5.94. The summed E-state index contributed by atoms with van der Waals surface area (Å²) in [4.78, 5) is 11.6. The van der Waals surface area contributed by atoms with Crippen molar-refractivity contribution in [3.8, 4) is 5.75 Å². The van der Waals surface area contributed by atoms with Crippen molar-refractivity contribution >= 4 is 11.8 Å². The van der Waals surface area contributed by atoms with Gasteiger partial charge in [0.2, 0.25) is 0 Å². The van der Waals surface area contributed by atoms with Crippen LogP contribution in [0.4, 0.5) is 10.5 Å². The lowest BCUT2D eigenvalue weighted by molar-refractivity contribution is 0.0530. The lowest BCUT2D eigenvalue weighted by atomic mass is 10.2. The van der Waals surface area contributed by atoms with Crippen LogP contribution in [0.1, 0.15) is 26.3 Å². The lowest BCUT2D eigenvalue weighted by Gasteiger charge is -2.20. The second kappa shape index (κ2) is 9.25. The minimum absolute atomic E-state index is 0.417. The summed E-state index contributed by atoms with van der Waals surface area (Å²) in [5.74, 6) is 0.777. The smallest absolute Gasteiger partial charge is 0.407 e. The van der Waals surface area contributed by atoms with E-state index in [4.69, 9.17) is 14.2 Å². The Kier molecular flexibility index (Phi) is 7.68. The Morgan fingerprint density at radius 2 is 1.91 bits per heavy atom. The zero-order valence-corrected chi connectivity index (χ0v) is 14.7. The van der Waals surface area contributed by atoms with E-state index in [2.05, 4.69) is 10.6 Å². The second-order valence-electron chi connectivity index (χ2n) is 6.20. The van der Waals surface area contributed by atoms with Gasteiger partial charge in [-0.05, 0) is 45.4 Å². The normalized spacial score (nSPS) is 11.0. The predicted octanol–water partition coefficient (Wildman–Crippen LogP) is 2.96. The van der Waals surface area contributed by atoms with E-state index in [0.29, 0.717) is 26.3 Å². The number of aryl methyl sites for hydroxylation is 1. The van der Waals surface area contributed by atoms with Crippen LogP contribution in [0.2, 0.25) is 0 Å². The van der Waals surface area contributed by atoms with Crippen LogP contribution in [0.25, 0.3) is 0 Å². The van der Waals surface area contributed by atoms with Gasteiger partial charge in [-0.1, -0.05) is 6.07 Å². The van der Waals surface area contributed by atoms with Crippen molar-refractivity contribution in [2.45, 2.75) is 33.3 Å². The van der Waals surface area contributed by atoms with Gasteiger partial charge in [0.1, 0.15) is 18.0 Å². The van der Waals surface area contributed by atoms with Crippen LogP contribution in [0.3, 0.4) is 0 Å². The SMILES string of the molecule is COCCOc1cc(C)ccc1NCCNC(=O)OC(C)(C)C. The van der Waals surface area contributed by atoms with E-state index in [0.717, 1.165) is 17.0 Å². The molecule has 23 heavy (non-hydrogen) atoms. The molecule has 1 rings (SSSR count). The fourth-order valence-corrected chi connectivity index (χ4v) is 1.81. The molecule has 0 saturated heterocycles. The number of carbonyl (C=O) groups is 1. The highest BCUT2D eigenvalue weighted by Crippen LogP contribution is 2.25. The molecular weight excluding hydrogens is 296 g/mol. The molecular formula is C17H28N2O4. The number of carbonyl (C=O) groups excluding carboxylic acids is 1. The third-order valence-corrected chi connectivity index (χ3v) is 2.79. The maximum atomic E-state index is 11.6. The molecule has 0 aliphatic heterocycles. The highest BCUT2D eigenvalue weighted by atomic mass is 16.6. The summed E-state index contributed by atoms with van der Waals surface area (Å²) < 4.78 is 15.9. The zero-order chi connectivity index (χ0) is 17.3. The number of rotatable bonds is 8. The van der Waals surface area contributed by atoms with Gasteiger partial charge in [-0.3, -0.25) is 0 Å². The quantitative estimate of drug-likeness (QED) is 0.720. The highest BCUT2D eigenvalue weighted by molar-refractivity contribution is 5.67. The molecule has 0 aliphatic carbocycles. The van der Waals surface area contributed by atoms with E-state index in [1.54, 1.807) is 7.11 Å². The van der Waals surface area contributed by atoms with E-state index >= 15 is 0 Å². The molecule has 0 unspecified atom stereocenters. The lowest BCUT2D eigenvalue weighted by Crippen LogP contribution is -2.35. The number of amides is 1. The summed E-state index contributed by atoms with van der Waals surface area (Å²) in [5, 5.41) is 5.96. The van der Waals surface area contributed by atoms with Gasteiger partial charge in [-0.2, -0.15) is 0 Å². The third-order valence-electron chi connectivity index (χ3n) is 2.79. The van der Waals surface area contributed by atoms with Gasteiger partial charge >= 0.3 is 6.09 Å². The van der Waals surface area contributed by atoms with Gasteiger partial charge in [0.15, 0.2) is 0 Å². The van der Waals surface area contributed by atoms with Gasteiger partial charge in [-0.25, -0.2) is 4.79 Å². The van der Waals surface area contributed by atoms with E-state index in [1.807, 2.05) is 45.9 Å². The molecule has 0 aliphatic rings. The second-order valence-corrected chi connectivity index (χ2v) is 6.20. The van der Waals surface area contributed by atoms with Crippen LogP contribution in [-0.4, -0.2) is 45.1 Å². The van der Waals surface area contributed by atoms with Crippen LogP contribution in [0.5, 0.6) is 5.75 Å². The van der Waals surface area contributed by atoms with Crippen molar-refractivity contribution in [2.75, 3.05) is 38.7 Å². The molecule has 1 amide bonds. The molecule has 0 bridgehead atoms. The Balaban J connectivity index is 2.43. The summed E-state index contributed by atoms with van der Waals surface area (Å²) in [7, 11) is 1.64. The molecule has 0 saturated carbocycles. The van der Waals surface area contributed by atoms with Gasteiger partial charge in [0.25, 0.3) is 0 Å². The van der Waals surface area contributed by atoms with Gasteiger partial charge in [0.05, 0.1) is 12.3 Å². The van der Waals surface area contributed by atoms with Crippen LogP contribution < -0.4 is 15.4 Å². The molecule has 0 fully saturated rings. The Hall–Kier alpha value is -1.95. The first-order valence-electron chi connectivity index (χ1n) is 7.75. The van der Waals surface area contributed by atoms with E-state index in [9.17, 15) is 4.79 Å². The van der Waals surface area contributed by atoms with Crippen LogP contribution >= 0.6 is 0 Å².